The molecule has 1 nitrogen and oxygen atoms in total. The molecule has 0 unspecified atom stereocenters. The van der Waals surface area contributed by atoms with E-state index in [1.165, 1.54) is 30.4 Å². The third kappa shape index (κ3) is 5.68. The summed E-state index contributed by atoms with van der Waals surface area (Å²) in [5, 5.41) is 3.27. The van der Waals surface area contributed by atoms with Crippen LogP contribution < -0.4 is 5.32 Å². The Bertz CT molecular complexity index is 335. The molecule has 1 heteroatoms. The van der Waals surface area contributed by atoms with Crippen molar-refractivity contribution < 1.29 is 0 Å². The first-order chi connectivity index (χ1) is 8.43. The molecule has 0 saturated heterocycles. The number of hydrogen-bond donors (Lipinski definition) is 1. The zero-order valence-electron chi connectivity index (χ0n) is 12.7. The average Bonchev–Trinajstić information content (AvgIpc) is 2.27. The smallest absolute Gasteiger partial charge is 0.0000373 e. The van der Waals surface area contributed by atoms with Gasteiger partial charge in [0.25, 0.3) is 0 Å². The van der Waals surface area contributed by atoms with Gasteiger partial charge in [0.1, 0.15) is 0 Å². The minimum atomic E-state index is 0.380. The first-order valence-corrected chi connectivity index (χ1v) is 7.15. The Morgan fingerprint density at radius 2 is 1.61 bits per heavy atom. The largest absolute Gasteiger partial charge is 0.319 e. The molecule has 0 bridgehead atoms. The van der Waals surface area contributed by atoms with Crippen LogP contribution >= 0.6 is 0 Å². The molecule has 1 rings (SSSR count). The summed E-state index contributed by atoms with van der Waals surface area (Å²) in [6.45, 7) is 10.3. The Morgan fingerprint density at radius 3 is 2.11 bits per heavy atom. The van der Waals surface area contributed by atoms with Crippen molar-refractivity contribution in [1.82, 2.24) is 5.32 Å². The van der Waals surface area contributed by atoms with E-state index in [4.69, 9.17) is 0 Å². The zero-order valence-corrected chi connectivity index (χ0v) is 12.7. The lowest BCUT2D eigenvalue weighted by molar-refractivity contribution is 0.324. The van der Waals surface area contributed by atoms with Crippen molar-refractivity contribution in [1.29, 1.82) is 0 Å². The maximum absolute atomic E-state index is 3.27. The van der Waals surface area contributed by atoms with Crippen molar-refractivity contribution in [2.75, 3.05) is 13.6 Å². The minimum Gasteiger partial charge on any atom is -0.319 e. The van der Waals surface area contributed by atoms with Crippen LogP contribution in [-0.2, 0) is 12.8 Å². The first-order valence-electron chi connectivity index (χ1n) is 7.15. The molecule has 1 aromatic rings. The van der Waals surface area contributed by atoms with Gasteiger partial charge in [0.2, 0.25) is 0 Å². The van der Waals surface area contributed by atoms with Crippen molar-refractivity contribution in [2.45, 2.75) is 47.0 Å². The number of rotatable bonds is 7. The minimum absolute atomic E-state index is 0.380. The normalized spacial score (nSPS) is 12.1. The van der Waals surface area contributed by atoms with Crippen LogP contribution in [0.4, 0.5) is 0 Å². The molecule has 1 N–H and O–H groups in total. The van der Waals surface area contributed by atoms with Crippen LogP contribution in [0.25, 0.3) is 0 Å². The standard InChI is InChI=1S/C17H29N/c1-14(2)12-16-8-6-15(7-9-16)10-11-17(3,4)13-18-5/h6-9,14,18H,10-13H2,1-5H3. The second-order valence-electron chi connectivity index (χ2n) is 6.61. The van der Waals surface area contributed by atoms with E-state index < -0.39 is 0 Å². The average molecular weight is 247 g/mol. The second-order valence-corrected chi connectivity index (χ2v) is 6.61. The van der Waals surface area contributed by atoms with Crippen LogP contribution in [0.5, 0.6) is 0 Å². The SMILES string of the molecule is CNCC(C)(C)CCc1ccc(CC(C)C)cc1. The molecule has 0 heterocycles. The first kappa shape index (κ1) is 15.2. The molecular weight excluding hydrogens is 218 g/mol. The molecule has 102 valence electrons. The Morgan fingerprint density at radius 1 is 1.06 bits per heavy atom. The van der Waals surface area contributed by atoms with Gasteiger partial charge in [-0.15, -0.1) is 0 Å². The molecule has 0 amide bonds. The van der Waals surface area contributed by atoms with Crippen molar-refractivity contribution in [3.63, 3.8) is 0 Å². The van der Waals surface area contributed by atoms with E-state index in [2.05, 4.69) is 57.3 Å². The van der Waals surface area contributed by atoms with Crippen LogP contribution in [0.3, 0.4) is 0 Å². The van der Waals surface area contributed by atoms with E-state index in [1.54, 1.807) is 0 Å². The quantitative estimate of drug-likeness (QED) is 0.766. The molecule has 0 atom stereocenters. The molecule has 0 fully saturated rings. The zero-order chi connectivity index (χ0) is 13.6. The lowest BCUT2D eigenvalue weighted by Crippen LogP contribution is -2.27. The van der Waals surface area contributed by atoms with Gasteiger partial charge in [0, 0.05) is 0 Å². The predicted molar refractivity (Wildman–Crippen MR) is 81.0 cm³/mol. The molecule has 0 aliphatic rings. The molecule has 0 spiro atoms. The molecule has 0 aliphatic carbocycles. The third-order valence-corrected chi connectivity index (χ3v) is 3.41. The fourth-order valence-corrected chi connectivity index (χ4v) is 2.36. The summed E-state index contributed by atoms with van der Waals surface area (Å²) in [7, 11) is 2.03. The van der Waals surface area contributed by atoms with Gasteiger partial charge in [0.15, 0.2) is 0 Å². The fourth-order valence-electron chi connectivity index (χ4n) is 2.36. The van der Waals surface area contributed by atoms with Crippen LogP contribution in [0.15, 0.2) is 24.3 Å². The van der Waals surface area contributed by atoms with Crippen molar-refractivity contribution in [3.8, 4) is 0 Å². The molecule has 1 aromatic carbocycles. The van der Waals surface area contributed by atoms with Gasteiger partial charge in [0.05, 0.1) is 0 Å². The molecule has 0 radical (unpaired) electrons. The Balaban J connectivity index is 2.48. The van der Waals surface area contributed by atoms with Crippen molar-refractivity contribution in [3.05, 3.63) is 35.4 Å². The summed E-state index contributed by atoms with van der Waals surface area (Å²) in [6.07, 6.45) is 3.60. The number of hydrogen-bond acceptors (Lipinski definition) is 1. The second kappa shape index (κ2) is 6.94. The van der Waals surface area contributed by atoms with E-state index in [1.807, 2.05) is 7.05 Å². The van der Waals surface area contributed by atoms with Crippen LogP contribution in [0.2, 0.25) is 0 Å². The summed E-state index contributed by atoms with van der Waals surface area (Å²) in [5.41, 5.74) is 3.31. The Kier molecular flexibility index (Phi) is 5.87. The summed E-state index contributed by atoms with van der Waals surface area (Å²) in [5.74, 6) is 0.741. The van der Waals surface area contributed by atoms with E-state index in [0.29, 0.717) is 5.41 Å². The van der Waals surface area contributed by atoms with E-state index in [0.717, 1.165) is 12.5 Å². The summed E-state index contributed by atoms with van der Waals surface area (Å²) in [4.78, 5) is 0. The number of benzene rings is 1. The summed E-state index contributed by atoms with van der Waals surface area (Å²) < 4.78 is 0. The molecule has 0 saturated carbocycles. The van der Waals surface area contributed by atoms with E-state index >= 15 is 0 Å². The van der Waals surface area contributed by atoms with Gasteiger partial charge in [-0.3, -0.25) is 0 Å². The highest BCUT2D eigenvalue weighted by Crippen LogP contribution is 2.22. The monoisotopic (exact) mass is 247 g/mol. The van der Waals surface area contributed by atoms with Crippen molar-refractivity contribution >= 4 is 0 Å². The molecule has 0 aliphatic heterocycles. The van der Waals surface area contributed by atoms with E-state index in [-0.39, 0.29) is 0 Å². The molecule has 18 heavy (non-hydrogen) atoms. The maximum Gasteiger partial charge on any atom is -0.0000373 e. The van der Waals surface area contributed by atoms with Crippen LogP contribution in [-0.4, -0.2) is 13.6 Å². The van der Waals surface area contributed by atoms with Gasteiger partial charge in [-0.05, 0) is 55.3 Å². The third-order valence-electron chi connectivity index (χ3n) is 3.41. The maximum atomic E-state index is 3.27. The van der Waals surface area contributed by atoms with Gasteiger partial charge in [-0.1, -0.05) is 52.0 Å². The van der Waals surface area contributed by atoms with Crippen LogP contribution in [0, 0.1) is 11.3 Å². The Labute approximate surface area is 113 Å². The highest BCUT2D eigenvalue weighted by molar-refractivity contribution is 5.23. The number of aryl methyl sites for hydroxylation is 1. The Hall–Kier alpha value is -0.820. The van der Waals surface area contributed by atoms with Crippen LogP contribution in [0.1, 0.15) is 45.2 Å². The van der Waals surface area contributed by atoms with Crippen molar-refractivity contribution in [2.24, 2.45) is 11.3 Å². The predicted octanol–water partition coefficient (Wildman–Crippen LogP) is 4.06. The van der Waals surface area contributed by atoms with E-state index in [9.17, 15) is 0 Å². The lowest BCUT2D eigenvalue weighted by atomic mass is 9.86. The van der Waals surface area contributed by atoms with Gasteiger partial charge in [-0.2, -0.15) is 0 Å². The highest BCUT2D eigenvalue weighted by atomic mass is 14.8. The molecule has 0 aromatic heterocycles. The van der Waals surface area contributed by atoms with Gasteiger partial charge < -0.3 is 5.32 Å². The summed E-state index contributed by atoms with van der Waals surface area (Å²) >= 11 is 0. The fraction of sp³-hybridized carbons (Fsp3) is 0.647. The highest BCUT2D eigenvalue weighted by Gasteiger charge is 2.16. The topological polar surface area (TPSA) is 12.0 Å². The summed E-state index contributed by atoms with van der Waals surface area (Å²) in [6, 6.07) is 9.18. The number of nitrogens with one attached hydrogen (secondary N) is 1. The lowest BCUT2D eigenvalue weighted by Gasteiger charge is -2.24. The van der Waals surface area contributed by atoms with Gasteiger partial charge >= 0.3 is 0 Å². The van der Waals surface area contributed by atoms with Gasteiger partial charge in [-0.25, -0.2) is 0 Å². The molecular formula is C17H29N.